The predicted octanol–water partition coefficient (Wildman–Crippen LogP) is 3.19. The van der Waals surface area contributed by atoms with Crippen LogP contribution in [-0.2, 0) is 11.2 Å². The first-order chi connectivity index (χ1) is 12.0. The van der Waals surface area contributed by atoms with Crippen molar-refractivity contribution in [3.8, 4) is 0 Å². The summed E-state index contributed by atoms with van der Waals surface area (Å²) in [6.45, 7) is 1.55. The minimum Gasteiger partial charge on any atom is -0.480 e. The first kappa shape index (κ1) is 17.3. The third-order valence-corrected chi connectivity index (χ3v) is 5.02. The molecule has 0 bridgehead atoms. The van der Waals surface area contributed by atoms with Crippen molar-refractivity contribution in [1.29, 1.82) is 0 Å². The Morgan fingerprint density at radius 2 is 1.96 bits per heavy atom. The Hall–Kier alpha value is -2.50. The van der Waals surface area contributed by atoms with Gasteiger partial charge in [-0.05, 0) is 31.4 Å². The first-order valence-electron chi connectivity index (χ1n) is 8.85. The van der Waals surface area contributed by atoms with Crippen molar-refractivity contribution in [3.05, 3.63) is 36.0 Å². The zero-order chi connectivity index (χ0) is 17.9. The number of hydrogen-bond donors (Lipinski definition) is 4. The monoisotopic (exact) mass is 343 g/mol. The summed E-state index contributed by atoms with van der Waals surface area (Å²) in [6.07, 6.45) is 7.36. The minimum atomic E-state index is -1.37. The van der Waals surface area contributed by atoms with Gasteiger partial charge in [-0.1, -0.05) is 37.5 Å². The van der Waals surface area contributed by atoms with Gasteiger partial charge in [0.05, 0.1) is 0 Å². The Kier molecular flexibility index (Phi) is 4.97. The standard InChI is InChI=1S/C19H25N3O3/c1-19(17(23)24,22-18(25)21-14-7-3-2-4-8-14)11-13-12-20-16-10-6-5-9-15(13)16/h5-6,9-10,12,14,20H,2-4,7-8,11H2,1H3,(H,23,24)(H2,21,22,25)/t19-/m1/s1. The molecule has 0 aliphatic heterocycles. The summed E-state index contributed by atoms with van der Waals surface area (Å²) in [5.41, 5.74) is 0.458. The Labute approximate surface area is 147 Å². The van der Waals surface area contributed by atoms with E-state index in [1.54, 1.807) is 6.92 Å². The molecule has 4 N–H and O–H groups in total. The van der Waals surface area contributed by atoms with Gasteiger partial charge in [-0.25, -0.2) is 9.59 Å². The third-order valence-electron chi connectivity index (χ3n) is 5.02. The highest BCUT2D eigenvalue weighted by atomic mass is 16.4. The van der Waals surface area contributed by atoms with E-state index in [9.17, 15) is 14.7 Å². The van der Waals surface area contributed by atoms with Crippen molar-refractivity contribution in [2.75, 3.05) is 0 Å². The molecule has 2 aromatic rings. The van der Waals surface area contributed by atoms with E-state index in [1.165, 1.54) is 6.42 Å². The smallest absolute Gasteiger partial charge is 0.329 e. The summed E-state index contributed by atoms with van der Waals surface area (Å²) in [6, 6.07) is 7.47. The number of fused-ring (bicyclic) bond motifs is 1. The lowest BCUT2D eigenvalue weighted by molar-refractivity contribution is -0.143. The van der Waals surface area contributed by atoms with Crippen LogP contribution in [0.3, 0.4) is 0 Å². The van der Waals surface area contributed by atoms with Gasteiger partial charge in [-0.2, -0.15) is 0 Å². The van der Waals surface area contributed by atoms with Crippen molar-refractivity contribution in [2.24, 2.45) is 0 Å². The maximum absolute atomic E-state index is 12.3. The molecule has 1 heterocycles. The number of rotatable bonds is 5. The lowest BCUT2D eigenvalue weighted by atomic mass is 9.92. The molecule has 1 aromatic heterocycles. The van der Waals surface area contributed by atoms with Gasteiger partial charge in [0.25, 0.3) is 0 Å². The summed E-state index contributed by atoms with van der Waals surface area (Å²) in [5, 5.41) is 16.3. The fourth-order valence-corrected chi connectivity index (χ4v) is 3.55. The molecule has 1 saturated carbocycles. The molecule has 134 valence electrons. The summed E-state index contributed by atoms with van der Waals surface area (Å²) in [4.78, 5) is 27.3. The number of H-pyrrole nitrogens is 1. The highest BCUT2D eigenvalue weighted by Crippen LogP contribution is 2.23. The Bertz CT molecular complexity index is 764. The van der Waals surface area contributed by atoms with Crippen molar-refractivity contribution in [3.63, 3.8) is 0 Å². The van der Waals surface area contributed by atoms with Crippen LogP contribution in [0.15, 0.2) is 30.5 Å². The SMILES string of the molecule is C[C@](Cc1c[nH]c2ccccc12)(NC(=O)NC1CCCCC1)C(=O)O. The number of para-hydroxylation sites is 1. The largest absolute Gasteiger partial charge is 0.480 e. The van der Waals surface area contributed by atoms with Crippen LogP contribution in [0.5, 0.6) is 0 Å². The first-order valence-corrected chi connectivity index (χ1v) is 8.85. The minimum absolute atomic E-state index is 0.139. The van der Waals surface area contributed by atoms with Crippen molar-refractivity contribution < 1.29 is 14.7 Å². The number of amides is 2. The van der Waals surface area contributed by atoms with E-state index < -0.39 is 17.5 Å². The van der Waals surface area contributed by atoms with Crippen LogP contribution in [0, 0.1) is 0 Å². The number of aromatic amines is 1. The van der Waals surface area contributed by atoms with Crippen LogP contribution in [-0.4, -0.2) is 33.7 Å². The fraction of sp³-hybridized carbons (Fsp3) is 0.474. The number of nitrogens with one attached hydrogen (secondary N) is 3. The van der Waals surface area contributed by atoms with Gasteiger partial charge < -0.3 is 20.7 Å². The van der Waals surface area contributed by atoms with Crippen molar-refractivity contribution >= 4 is 22.9 Å². The Morgan fingerprint density at radius 1 is 1.24 bits per heavy atom. The maximum atomic E-state index is 12.3. The van der Waals surface area contributed by atoms with Crippen LogP contribution in [0.4, 0.5) is 4.79 Å². The molecule has 25 heavy (non-hydrogen) atoms. The molecule has 1 atom stereocenters. The molecule has 3 rings (SSSR count). The van der Waals surface area contributed by atoms with Gasteiger partial charge in [0.1, 0.15) is 5.54 Å². The third kappa shape index (κ3) is 3.95. The normalized spacial score (nSPS) is 17.8. The number of benzene rings is 1. The second-order valence-electron chi connectivity index (χ2n) is 7.11. The number of aliphatic carboxylic acids is 1. The molecule has 6 heteroatoms. The zero-order valence-corrected chi connectivity index (χ0v) is 14.5. The zero-order valence-electron chi connectivity index (χ0n) is 14.5. The van der Waals surface area contributed by atoms with E-state index in [1.807, 2.05) is 30.5 Å². The molecule has 6 nitrogen and oxygen atoms in total. The van der Waals surface area contributed by atoms with E-state index >= 15 is 0 Å². The second-order valence-corrected chi connectivity index (χ2v) is 7.11. The number of urea groups is 1. The maximum Gasteiger partial charge on any atom is 0.329 e. The topological polar surface area (TPSA) is 94.2 Å². The van der Waals surface area contributed by atoms with Crippen LogP contribution in [0.25, 0.3) is 10.9 Å². The van der Waals surface area contributed by atoms with E-state index in [2.05, 4.69) is 15.6 Å². The Morgan fingerprint density at radius 3 is 2.68 bits per heavy atom. The average Bonchev–Trinajstić information content (AvgIpc) is 2.98. The molecule has 1 aliphatic rings. The lowest BCUT2D eigenvalue weighted by Crippen LogP contribution is -2.58. The number of carbonyl (C=O) groups is 2. The van der Waals surface area contributed by atoms with E-state index in [0.717, 1.165) is 42.1 Å². The number of aromatic nitrogens is 1. The van der Waals surface area contributed by atoms with E-state index in [0.29, 0.717) is 0 Å². The molecule has 0 radical (unpaired) electrons. The summed E-state index contributed by atoms with van der Waals surface area (Å²) < 4.78 is 0. The molecule has 1 aromatic carbocycles. The summed E-state index contributed by atoms with van der Waals surface area (Å²) in [5.74, 6) is -1.04. The van der Waals surface area contributed by atoms with Gasteiger partial charge >= 0.3 is 12.0 Å². The van der Waals surface area contributed by atoms with Crippen LogP contribution in [0.1, 0.15) is 44.6 Å². The predicted molar refractivity (Wildman–Crippen MR) is 96.6 cm³/mol. The van der Waals surface area contributed by atoms with Gasteiger partial charge in [0.2, 0.25) is 0 Å². The highest BCUT2D eigenvalue weighted by Gasteiger charge is 2.36. The molecule has 1 fully saturated rings. The van der Waals surface area contributed by atoms with E-state index in [4.69, 9.17) is 0 Å². The van der Waals surface area contributed by atoms with Gasteiger partial charge in [-0.15, -0.1) is 0 Å². The summed E-state index contributed by atoms with van der Waals surface area (Å²) in [7, 11) is 0. The fourth-order valence-electron chi connectivity index (χ4n) is 3.55. The molecule has 0 spiro atoms. The van der Waals surface area contributed by atoms with E-state index in [-0.39, 0.29) is 12.5 Å². The Balaban J connectivity index is 1.72. The lowest BCUT2D eigenvalue weighted by Gasteiger charge is -2.29. The van der Waals surface area contributed by atoms with Crippen LogP contribution < -0.4 is 10.6 Å². The second kappa shape index (κ2) is 7.17. The van der Waals surface area contributed by atoms with Gasteiger partial charge in [-0.3, -0.25) is 0 Å². The molecule has 2 amide bonds. The molecule has 0 unspecified atom stereocenters. The number of carbonyl (C=O) groups excluding carboxylic acids is 1. The van der Waals surface area contributed by atoms with Crippen LogP contribution >= 0.6 is 0 Å². The van der Waals surface area contributed by atoms with Crippen molar-refractivity contribution in [1.82, 2.24) is 15.6 Å². The number of carboxylic acid groups (broad SMARTS) is 1. The van der Waals surface area contributed by atoms with Gasteiger partial charge in [0.15, 0.2) is 0 Å². The quantitative estimate of drug-likeness (QED) is 0.671. The molecular weight excluding hydrogens is 318 g/mol. The van der Waals surface area contributed by atoms with Gasteiger partial charge in [0, 0.05) is 29.6 Å². The highest BCUT2D eigenvalue weighted by molar-refractivity contribution is 5.88. The molecule has 1 aliphatic carbocycles. The summed E-state index contributed by atoms with van der Waals surface area (Å²) >= 11 is 0. The number of carboxylic acids is 1. The molecular formula is C19H25N3O3. The van der Waals surface area contributed by atoms with Crippen LogP contribution in [0.2, 0.25) is 0 Å². The average molecular weight is 343 g/mol. The van der Waals surface area contributed by atoms with Crippen molar-refractivity contribution in [2.45, 2.75) is 57.0 Å². The number of hydrogen-bond acceptors (Lipinski definition) is 2. The molecule has 0 saturated heterocycles.